The normalized spacial score (nSPS) is 12.4. The minimum Gasteiger partial charge on any atom is -0.492 e. The van der Waals surface area contributed by atoms with E-state index in [0.29, 0.717) is 17.2 Å². The Hall–Kier alpha value is -5.00. The maximum absolute atomic E-state index is 12.7. The van der Waals surface area contributed by atoms with Gasteiger partial charge in [-0.1, -0.05) is 12.1 Å². The van der Waals surface area contributed by atoms with Crippen molar-refractivity contribution >= 4 is 34.6 Å². The summed E-state index contributed by atoms with van der Waals surface area (Å²) in [5.41, 5.74) is 0.272. The van der Waals surface area contributed by atoms with Gasteiger partial charge in [-0.15, -0.1) is 0 Å². The van der Waals surface area contributed by atoms with Crippen LogP contribution in [0.3, 0.4) is 0 Å². The first kappa shape index (κ1) is 24.1. The summed E-state index contributed by atoms with van der Waals surface area (Å²) in [4.78, 5) is 47.4. The van der Waals surface area contributed by atoms with Gasteiger partial charge in [0.15, 0.2) is 6.61 Å². The number of fused-ring (bicyclic) bond motifs is 1. The number of aryl methyl sites for hydroxylation is 1. The van der Waals surface area contributed by atoms with Gasteiger partial charge in [-0.3, -0.25) is 29.8 Å². The summed E-state index contributed by atoms with van der Waals surface area (Å²) in [6.07, 6.45) is 0. The molecule has 0 saturated carbocycles. The molecule has 12 nitrogen and oxygen atoms in total. The molecule has 0 spiro atoms. The number of non-ortho nitro benzene ring substituents is 2. The van der Waals surface area contributed by atoms with E-state index in [1.54, 1.807) is 6.07 Å². The van der Waals surface area contributed by atoms with Crippen molar-refractivity contribution in [1.29, 1.82) is 0 Å². The van der Waals surface area contributed by atoms with Crippen LogP contribution in [-0.2, 0) is 4.79 Å². The quantitative estimate of drug-likeness (QED) is 0.367. The highest BCUT2D eigenvalue weighted by molar-refractivity contribution is 6.06. The van der Waals surface area contributed by atoms with Crippen molar-refractivity contribution < 1.29 is 28.9 Å². The van der Waals surface area contributed by atoms with Crippen LogP contribution in [0, 0.1) is 27.2 Å². The first-order valence-corrected chi connectivity index (χ1v) is 10.7. The molecule has 184 valence electrons. The van der Waals surface area contributed by atoms with Crippen molar-refractivity contribution in [2.45, 2.75) is 6.92 Å². The van der Waals surface area contributed by atoms with Crippen LogP contribution in [-0.4, -0.2) is 41.4 Å². The van der Waals surface area contributed by atoms with Crippen LogP contribution in [0.1, 0.15) is 15.9 Å². The summed E-state index contributed by atoms with van der Waals surface area (Å²) < 4.78 is 11.2. The number of carbonyl (C=O) groups excluding carboxylic acids is 2. The molecule has 1 aliphatic rings. The second kappa shape index (κ2) is 10.1. The Balaban J connectivity index is 1.53. The van der Waals surface area contributed by atoms with E-state index >= 15 is 0 Å². The molecule has 0 unspecified atom stereocenters. The Labute approximate surface area is 204 Å². The van der Waals surface area contributed by atoms with Crippen LogP contribution in [0.25, 0.3) is 0 Å². The molecular formula is C24H20N4O8. The molecular weight excluding hydrogens is 472 g/mol. The van der Waals surface area contributed by atoms with E-state index in [1.165, 1.54) is 17.0 Å². The van der Waals surface area contributed by atoms with E-state index < -0.39 is 27.1 Å². The van der Waals surface area contributed by atoms with Gasteiger partial charge in [-0.2, -0.15) is 0 Å². The van der Waals surface area contributed by atoms with E-state index in [4.69, 9.17) is 9.47 Å². The molecule has 1 N–H and O–H groups in total. The lowest BCUT2D eigenvalue weighted by atomic mass is 10.1. The maximum atomic E-state index is 12.7. The molecule has 0 atom stereocenters. The molecule has 0 radical (unpaired) electrons. The predicted octanol–water partition coefficient (Wildman–Crippen LogP) is 3.87. The Bertz CT molecular complexity index is 1340. The number of benzene rings is 3. The SMILES string of the molecule is Cc1cccc(OCCN2C(=O)COc3ccc(NC(=O)c4cc([N+](=O)[O-])cc([N+](=O)[O-])c4)cc32)c1. The van der Waals surface area contributed by atoms with Gasteiger partial charge >= 0.3 is 0 Å². The molecule has 36 heavy (non-hydrogen) atoms. The number of nitrogens with zero attached hydrogens (tertiary/aromatic N) is 3. The van der Waals surface area contributed by atoms with Crippen molar-refractivity contribution in [1.82, 2.24) is 0 Å². The summed E-state index contributed by atoms with van der Waals surface area (Å²) in [5, 5.41) is 24.8. The fourth-order valence-corrected chi connectivity index (χ4v) is 3.63. The predicted molar refractivity (Wildman–Crippen MR) is 129 cm³/mol. The zero-order valence-corrected chi connectivity index (χ0v) is 19.0. The van der Waals surface area contributed by atoms with Crippen LogP contribution in [0.4, 0.5) is 22.7 Å². The standard InChI is InChI=1S/C24H20N4O8/c1-15-3-2-4-20(9-15)35-8-7-26-21-12-17(5-6-22(21)36-14-23(26)29)25-24(30)16-10-18(27(31)32)13-19(11-16)28(33)34/h2-6,9-13H,7-8,14H2,1H3,(H,25,30). The van der Waals surface area contributed by atoms with Crippen LogP contribution in [0.2, 0.25) is 0 Å². The van der Waals surface area contributed by atoms with E-state index in [-0.39, 0.29) is 36.9 Å². The number of rotatable bonds is 8. The molecule has 2 amide bonds. The number of nitrogens with one attached hydrogen (secondary N) is 1. The van der Waals surface area contributed by atoms with Gasteiger partial charge in [0, 0.05) is 17.8 Å². The summed E-state index contributed by atoms with van der Waals surface area (Å²) in [5.74, 6) is 0.00407. The molecule has 0 fully saturated rings. The summed E-state index contributed by atoms with van der Waals surface area (Å²) in [7, 11) is 0. The molecule has 3 aromatic rings. The first-order valence-electron chi connectivity index (χ1n) is 10.7. The zero-order valence-electron chi connectivity index (χ0n) is 19.0. The van der Waals surface area contributed by atoms with E-state index in [2.05, 4.69) is 5.32 Å². The molecule has 1 aliphatic heterocycles. The van der Waals surface area contributed by atoms with E-state index in [9.17, 15) is 29.8 Å². The third-order valence-electron chi connectivity index (χ3n) is 5.32. The topological polar surface area (TPSA) is 154 Å². The number of hydrogen-bond donors (Lipinski definition) is 1. The third kappa shape index (κ3) is 5.38. The fourth-order valence-electron chi connectivity index (χ4n) is 3.63. The molecule has 12 heteroatoms. The number of nitro groups is 2. The largest absolute Gasteiger partial charge is 0.492 e. The lowest BCUT2D eigenvalue weighted by Crippen LogP contribution is -2.41. The Kier molecular flexibility index (Phi) is 6.77. The third-order valence-corrected chi connectivity index (χ3v) is 5.32. The number of anilines is 2. The highest BCUT2D eigenvalue weighted by Crippen LogP contribution is 2.35. The molecule has 0 aliphatic carbocycles. The number of hydrogen-bond acceptors (Lipinski definition) is 8. The lowest BCUT2D eigenvalue weighted by molar-refractivity contribution is -0.394. The second-order valence-corrected chi connectivity index (χ2v) is 7.89. The Morgan fingerprint density at radius 2 is 1.78 bits per heavy atom. The van der Waals surface area contributed by atoms with Crippen LogP contribution < -0.4 is 19.7 Å². The Morgan fingerprint density at radius 1 is 1.06 bits per heavy atom. The monoisotopic (exact) mass is 492 g/mol. The van der Waals surface area contributed by atoms with Gasteiger partial charge < -0.3 is 19.7 Å². The summed E-state index contributed by atoms with van der Waals surface area (Å²) in [6.45, 7) is 2.22. The fraction of sp³-hybridized carbons (Fsp3) is 0.167. The summed E-state index contributed by atoms with van der Waals surface area (Å²) >= 11 is 0. The average Bonchev–Trinajstić information content (AvgIpc) is 2.85. The number of carbonyl (C=O) groups is 2. The molecule has 0 bridgehead atoms. The minimum absolute atomic E-state index is 0.152. The minimum atomic E-state index is -0.817. The highest BCUT2D eigenvalue weighted by Gasteiger charge is 2.26. The average molecular weight is 492 g/mol. The van der Waals surface area contributed by atoms with Crippen molar-refractivity contribution in [3.05, 3.63) is 92.0 Å². The second-order valence-electron chi connectivity index (χ2n) is 7.89. The molecule has 0 saturated heterocycles. The molecule has 1 heterocycles. The van der Waals surface area contributed by atoms with Crippen molar-refractivity contribution in [3.63, 3.8) is 0 Å². The van der Waals surface area contributed by atoms with Gasteiger partial charge in [0.25, 0.3) is 23.2 Å². The van der Waals surface area contributed by atoms with Gasteiger partial charge in [0.2, 0.25) is 0 Å². The van der Waals surface area contributed by atoms with Crippen LogP contribution in [0.15, 0.2) is 60.7 Å². The highest BCUT2D eigenvalue weighted by atomic mass is 16.6. The van der Waals surface area contributed by atoms with Gasteiger partial charge in [-0.05, 0) is 42.8 Å². The van der Waals surface area contributed by atoms with E-state index in [1.807, 2.05) is 31.2 Å². The van der Waals surface area contributed by atoms with Gasteiger partial charge in [0.05, 0.1) is 33.7 Å². The molecule has 0 aromatic heterocycles. The maximum Gasteiger partial charge on any atom is 0.277 e. The first-order chi connectivity index (χ1) is 17.2. The van der Waals surface area contributed by atoms with Crippen molar-refractivity contribution in [2.75, 3.05) is 30.0 Å². The smallest absolute Gasteiger partial charge is 0.277 e. The molecule has 4 rings (SSSR count). The van der Waals surface area contributed by atoms with Crippen molar-refractivity contribution in [2.24, 2.45) is 0 Å². The van der Waals surface area contributed by atoms with Crippen LogP contribution in [0.5, 0.6) is 11.5 Å². The van der Waals surface area contributed by atoms with Crippen LogP contribution >= 0.6 is 0 Å². The lowest BCUT2D eigenvalue weighted by Gasteiger charge is -2.29. The molecule has 3 aromatic carbocycles. The van der Waals surface area contributed by atoms with Gasteiger partial charge in [0.1, 0.15) is 18.1 Å². The zero-order chi connectivity index (χ0) is 25.8. The Morgan fingerprint density at radius 3 is 2.44 bits per heavy atom. The number of ether oxygens (including phenoxy) is 2. The van der Waals surface area contributed by atoms with Gasteiger partial charge in [-0.25, -0.2) is 0 Å². The van der Waals surface area contributed by atoms with Crippen molar-refractivity contribution in [3.8, 4) is 11.5 Å². The number of amides is 2. The number of nitro benzene ring substituents is 2. The summed E-state index contributed by atoms with van der Waals surface area (Å²) in [6, 6.07) is 14.8. The van der Waals surface area contributed by atoms with E-state index in [0.717, 1.165) is 23.8 Å².